The van der Waals surface area contributed by atoms with E-state index in [4.69, 9.17) is 4.74 Å². The maximum atomic E-state index is 13.3. The third kappa shape index (κ3) is 4.63. The van der Waals surface area contributed by atoms with E-state index in [9.17, 15) is 18.0 Å². The Bertz CT molecular complexity index is 1400. The molecular formula is C25H30N4O5S. The number of sulfonamides is 1. The Kier molecular flexibility index (Phi) is 6.86. The van der Waals surface area contributed by atoms with Gasteiger partial charge in [-0.15, -0.1) is 0 Å². The van der Waals surface area contributed by atoms with E-state index in [1.165, 1.54) is 34.3 Å². The van der Waals surface area contributed by atoms with Crippen LogP contribution in [0.2, 0.25) is 0 Å². The van der Waals surface area contributed by atoms with Gasteiger partial charge in [0.15, 0.2) is 0 Å². The fraction of sp³-hybridized carbons (Fsp3) is 0.360. The van der Waals surface area contributed by atoms with E-state index in [2.05, 4.69) is 12.2 Å². The van der Waals surface area contributed by atoms with Crippen LogP contribution in [-0.2, 0) is 17.1 Å². The summed E-state index contributed by atoms with van der Waals surface area (Å²) in [6.45, 7) is 4.72. The number of ether oxygens (including phenoxy) is 1. The SMILES string of the molecule is COc1ccc(S(=O)(=O)N2CCC(C)CC2)cc1C(=O)Nc1c(C)n(C)n(-c2ccccc2)c1=O. The molecule has 1 aliphatic heterocycles. The van der Waals surface area contributed by atoms with Gasteiger partial charge in [0.2, 0.25) is 10.0 Å². The molecule has 0 atom stereocenters. The molecule has 186 valence electrons. The maximum Gasteiger partial charge on any atom is 0.295 e. The lowest BCUT2D eigenvalue weighted by Crippen LogP contribution is -2.38. The maximum absolute atomic E-state index is 13.3. The molecule has 0 unspecified atom stereocenters. The lowest BCUT2D eigenvalue weighted by Gasteiger charge is -2.29. The van der Waals surface area contributed by atoms with Crippen molar-refractivity contribution >= 4 is 21.6 Å². The zero-order valence-corrected chi connectivity index (χ0v) is 21.1. The van der Waals surface area contributed by atoms with Crippen molar-refractivity contribution in [2.24, 2.45) is 13.0 Å². The Hall–Kier alpha value is -3.37. The summed E-state index contributed by atoms with van der Waals surface area (Å²) in [6, 6.07) is 13.3. The largest absolute Gasteiger partial charge is 0.496 e. The van der Waals surface area contributed by atoms with E-state index in [1.54, 1.807) is 30.8 Å². The number of piperidine rings is 1. The zero-order valence-electron chi connectivity index (χ0n) is 20.3. The number of benzene rings is 2. The number of para-hydroxylation sites is 1. The summed E-state index contributed by atoms with van der Waals surface area (Å²) in [4.78, 5) is 26.5. The second-order valence-corrected chi connectivity index (χ2v) is 10.8. The van der Waals surface area contributed by atoms with Gasteiger partial charge in [0.25, 0.3) is 11.5 Å². The van der Waals surface area contributed by atoms with E-state index in [1.807, 2.05) is 18.2 Å². The van der Waals surface area contributed by atoms with Crippen LogP contribution in [-0.4, -0.2) is 48.2 Å². The molecule has 1 amide bonds. The van der Waals surface area contributed by atoms with Gasteiger partial charge in [-0.3, -0.25) is 14.3 Å². The van der Waals surface area contributed by atoms with E-state index < -0.39 is 21.5 Å². The summed E-state index contributed by atoms with van der Waals surface area (Å²) in [5.74, 6) is 0.0653. The number of nitrogens with one attached hydrogen (secondary N) is 1. The average molecular weight is 499 g/mol. The third-order valence-electron chi connectivity index (χ3n) is 6.59. The minimum atomic E-state index is -3.77. The standard InChI is InChI=1S/C25H30N4O5S/c1-17-12-14-28(15-13-17)35(32,33)20-10-11-22(34-4)21(16-20)24(30)26-23-18(2)27(3)29(25(23)31)19-8-6-5-7-9-19/h5-11,16-17H,12-15H2,1-4H3,(H,26,30). The summed E-state index contributed by atoms with van der Waals surface area (Å²) < 4.78 is 36.4. The van der Waals surface area contributed by atoms with Gasteiger partial charge in [0.1, 0.15) is 11.4 Å². The van der Waals surface area contributed by atoms with E-state index >= 15 is 0 Å². The number of methoxy groups -OCH3 is 1. The molecule has 0 radical (unpaired) electrons. The minimum Gasteiger partial charge on any atom is -0.496 e. The van der Waals surface area contributed by atoms with Crippen LogP contribution in [0.3, 0.4) is 0 Å². The van der Waals surface area contributed by atoms with Crippen molar-refractivity contribution in [3.8, 4) is 11.4 Å². The summed E-state index contributed by atoms with van der Waals surface area (Å²) in [7, 11) is -0.632. The first-order valence-electron chi connectivity index (χ1n) is 11.5. The highest BCUT2D eigenvalue weighted by molar-refractivity contribution is 7.89. The Balaban J connectivity index is 1.69. The van der Waals surface area contributed by atoms with Gasteiger partial charge >= 0.3 is 0 Å². The van der Waals surface area contributed by atoms with Gasteiger partial charge in [-0.2, -0.15) is 4.31 Å². The lowest BCUT2D eigenvalue weighted by molar-refractivity contribution is 0.102. The Morgan fingerprint density at radius 3 is 2.37 bits per heavy atom. The molecule has 1 aliphatic rings. The number of amides is 1. The minimum absolute atomic E-state index is 0.0180. The number of nitrogens with zero attached hydrogens (tertiary/aromatic N) is 3. The van der Waals surface area contributed by atoms with Crippen molar-refractivity contribution < 1.29 is 17.9 Å². The highest BCUT2D eigenvalue weighted by Crippen LogP contribution is 2.28. The quantitative estimate of drug-likeness (QED) is 0.562. The predicted octanol–water partition coefficient (Wildman–Crippen LogP) is 3.17. The highest BCUT2D eigenvalue weighted by Gasteiger charge is 2.30. The molecule has 0 aliphatic carbocycles. The Morgan fingerprint density at radius 2 is 1.74 bits per heavy atom. The zero-order chi connectivity index (χ0) is 25.3. The number of carbonyl (C=O) groups is 1. The van der Waals surface area contributed by atoms with Crippen molar-refractivity contribution in [2.45, 2.75) is 31.6 Å². The van der Waals surface area contributed by atoms with Crippen LogP contribution in [0.4, 0.5) is 5.69 Å². The first kappa shape index (κ1) is 24.7. The highest BCUT2D eigenvalue weighted by atomic mass is 32.2. The predicted molar refractivity (Wildman–Crippen MR) is 134 cm³/mol. The van der Waals surface area contributed by atoms with Gasteiger partial charge in [0, 0.05) is 20.1 Å². The van der Waals surface area contributed by atoms with Crippen molar-refractivity contribution in [1.82, 2.24) is 13.7 Å². The molecule has 1 aromatic heterocycles. The van der Waals surface area contributed by atoms with Gasteiger partial charge in [0.05, 0.1) is 29.0 Å². The number of hydrogen-bond acceptors (Lipinski definition) is 5. The average Bonchev–Trinajstić information content (AvgIpc) is 3.07. The van der Waals surface area contributed by atoms with Crippen LogP contribution >= 0.6 is 0 Å². The molecule has 35 heavy (non-hydrogen) atoms. The number of aromatic nitrogens is 2. The van der Waals surface area contributed by atoms with Crippen LogP contribution < -0.4 is 15.6 Å². The molecule has 3 aromatic rings. The Labute approximate surface area is 205 Å². The van der Waals surface area contributed by atoms with Gasteiger partial charge in [-0.05, 0) is 56.0 Å². The van der Waals surface area contributed by atoms with Crippen LogP contribution in [0.15, 0.2) is 58.2 Å². The van der Waals surface area contributed by atoms with Crippen LogP contribution in [0, 0.1) is 12.8 Å². The molecule has 9 nitrogen and oxygen atoms in total. The van der Waals surface area contributed by atoms with Crippen molar-refractivity contribution in [1.29, 1.82) is 0 Å². The van der Waals surface area contributed by atoms with Crippen LogP contribution in [0.25, 0.3) is 5.69 Å². The molecule has 1 N–H and O–H groups in total. The van der Waals surface area contributed by atoms with E-state index in [0.29, 0.717) is 30.4 Å². The first-order valence-corrected chi connectivity index (χ1v) is 12.9. The van der Waals surface area contributed by atoms with Crippen molar-refractivity contribution in [3.05, 3.63) is 70.1 Å². The smallest absolute Gasteiger partial charge is 0.295 e. The summed E-state index contributed by atoms with van der Waals surface area (Å²) in [5, 5.41) is 2.68. The number of carbonyl (C=O) groups excluding carboxylic acids is 1. The molecule has 2 aromatic carbocycles. The lowest BCUT2D eigenvalue weighted by atomic mass is 10.0. The summed E-state index contributed by atoms with van der Waals surface area (Å²) in [6.07, 6.45) is 1.59. The monoisotopic (exact) mass is 498 g/mol. The topological polar surface area (TPSA) is 103 Å². The van der Waals surface area contributed by atoms with E-state index in [0.717, 1.165) is 12.8 Å². The van der Waals surface area contributed by atoms with Crippen molar-refractivity contribution in [2.75, 3.05) is 25.5 Å². The Morgan fingerprint density at radius 1 is 1.09 bits per heavy atom. The second kappa shape index (κ2) is 9.71. The fourth-order valence-corrected chi connectivity index (χ4v) is 5.79. The van der Waals surface area contributed by atoms with Crippen LogP contribution in [0.5, 0.6) is 5.75 Å². The molecule has 4 rings (SSSR count). The molecule has 0 spiro atoms. The number of rotatable bonds is 6. The molecule has 1 fully saturated rings. The fourth-order valence-electron chi connectivity index (χ4n) is 4.29. The number of hydrogen-bond donors (Lipinski definition) is 1. The number of anilines is 1. The second-order valence-electron chi connectivity index (χ2n) is 8.84. The molecule has 0 bridgehead atoms. The van der Waals surface area contributed by atoms with Gasteiger partial charge < -0.3 is 10.1 Å². The van der Waals surface area contributed by atoms with Gasteiger partial charge in [-0.25, -0.2) is 13.1 Å². The summed E-state index contributed by atoms with van der Waals surface area (Å²) in [5.41, 5.74) is 0.965. The normalized spacial score (nSPS) is 15.2. The molecule has 2 heterocycles. The van der Waals surface area contributed by atoms with Gasteiger partial charge in [-0.1, -0.05) is 25.1 Å². The van der Waals surface area contributed by atoms with E-state index in [-0.39, 0.29) is 21.9 Å². The molecule has 0 saturated carbocycles. The summed E-state index contributed by atoms with van der Waals surface area (Å²) >= 11 is 0. The van der Waals surface area contributed by atoms with Crippen LogP contribution in [0.1, 0.15) is 35.8 Å². The molecule has 10 heteroatoms. The molecular weight excluding hydrogens is 468 g/mol. The van der Waals surface area contributed by atoms with Crippen molar-refractivity contribution in [3.63, 3.8) is 0 Å². The molecule has 1 saturated heterocycles. The third-order valence-corrected chi connectivity index (χ3v) is 8.48. The first-order chi connectivity index (χ1) is 16.6.